The molecule has 0 aliphatic heterocycles. The van der Waals surface area contributed by atoms with Crippen LogP contribution in [0.15, 0.2) is 24.9 Å². The quantitative estimate of drug-likeness (QED) is 0.708. The zero-order chi connectivity index (χ0) is 19.3. The summed E-state index contributed by atoms with van der Waals surface area (Å²) in [6.45, 7) is 1.93. The zero-order valence-electron chi connectivity index (χ0n) is 15.7. The van der Waals surface area contributed by atoms with Crippen LogP contribution in [0, 0.1) is 6.92 Å². The minimum Gasteiger partial charge on any atom is -0.471 e. The summed E-state index contributed by atoms with van der Waals surface area (Å²) in [6, 6.07) is 1.61. The molecule has 2 unspecified atom stereocenters. The Balaban J connectivity index is 1.43. The molecule has 2 N–H and O–H groups in total. The van der Waals surface area contributed by atoms with Gasteiger partial charge in [-0.05, 0) is 38.7 Å². The monoisotopic (exact) mass is 381 g/mol. The van der Waals surface area contributed by atoms with E-state index in [0.29, 0.717) is 12.3 Å². The molecule has 0 amide bonds. The third-order valence-corrected chi connectivity index (χ3v) is 6.01. The van der Waals surface area contributed by atoms with Gasteiger partial charge in [-0.1, -0.05) is 0 Å². The molecule has 0 spiro atoms. The van der Waals surface area contributed by atoms with Crippen molar-refractivity contribution in [3.8, 4) is 5.88 Å². The molecule has 28 heavy (non-hydrogen) atoms. The number of aliphatic hydroxyl groups is 2. The third-order valence-electron chi connectivity index (χ3n) is 6.01. The van der Waals surface area contributed by atoms with Crippen molar-refractivity contribution in [3.05, 3.63) is 41.9 Å². The highest BCUT2D eigenvalue weighted by atomic mass is 16.5. The summed E-state index contributed by atoms with van der Waals surface area (Å²) >= 11 is 0. The minimum atomic E-state index is -1.00. The summed E-state index contributed by atoms with van der Waals surface area (Å²) in [5, 5.41) is 22.3. The van der Waals surface area contributed by atoms with E-state index in [0.717, 1.165) is 53.7 Å². The molecule has 0 radical (unpaired) electrons. The molecule has 1 fully saturated rings. The van der Waals surface area contributed by atoms with Gasteiger partial charge < -0.3 is 19.5 Å². The number of hydrogen-bond acceptors (Lipinski definition) is 7. The van der Waals surface area contributed by atoms with Crippen LogP contribution in [0.25, 0.3) is 11.0 Å². The SMILES string of the molecule is Cc1ncnc2c1ccn2C1CC(Oc2ncnc3c2CCCC3)[C@@H](O)[C@H]1O. The number of fused-ring (bicyclic) bond motifs is 2. The first-order chi connectivity index (χ1) is 13.6. The van der Waals surface area contributed by atoms with E-state index >= 15 is 0 Å². The van der Waals surface area contributed by atoms with Gasteiger partial charge in [-0.25, -0.2) is 19.9 Å². The predicted molar refractivity (Wildman–Crippen MR) is 101 cm³/mol. The number of hydrogen-bond donors (Lipinski definition) is 2. The van der Waals surface area contributed by atoms with Gasteiger partial charge in [0.25, 0.3) is 0 Å². The molecule has 5 rings (SSSR count). The largest absolute Gasteiger partial charge is 0.471 e. The molecule has 0 aromatic carbocycles. The first-order valence-electron chi connectivity index (χ1n) is 9.77. The maximum atomic E-state index is 10.7. The van der Waals surface area contributed by atoms with E-state index < -0.39 is 18.3 Å². The van der Waals surface area contributed by atoms with E-state index in [-0.39, 0.29) is 6.04 Å². The van der Waals surface area contributed by atoms with Gasteiger partial charge in [-0.2, -0.15) is 0 Å². The lowest BCUT2D eigenvalue weighted by Gasteiger charge is -2.22. The average Bonchev–Trinajstić information content (AvgIpc) is 3.26. The molecule has 2 aliphatic rings. The summed E-state index contributed by atoms with van der Waals surface area (Å²) in [7, 11) is 0. The Morgan fingerprint density at radius 3 is 2.75 bits per heavy atom. The molecule has 1 saturated carbocycles. The van der Waals surface area contributed by atoms with Gasteiger partial charge in [0.05, 0.1) is 17.4 Å². The van der Waals surface area contributed by atoms with Crippen molar-refractivity contribution < 1.29 is 14.9 Å². The normalized spacial score (nSPS) is 27.1. The maximum absolute atomic E-state index is 10.7. The summed E-state index contributed by atoms with van der Waals surface area (Å²) in [4.78, 5) is 17.3. The van der Waals surface area contributed by atoms with Crippen LogP contribution in [0.2, 0.25) is 0 Å². The summed E-state index contributed by atoms with van der Waals surface area (Å²) in [6.07, 6.45) is 6.94. The highest BCUT2D eigenvalue weighted by molar-refractivity contribution is 5.78. The van der Waals surface area contributed by atoms with Gasteiger partial charge in [-0.15, -0.1) is 0 Å². The Hall–Kier alpha value is -2.58. The van der Waals surface area contributed by atoms with Gasteiger partial charge in [0, 0.05) is 23.6 Å². The highest BCUT2D eigenvalue weighted by Crippen LogP contribution is 2.37. The van der Waals surface area contributed by atoms with Crippen LogP contribution in [-0.2, 0) is 12.8 Å². The van der Waals surface area contributed by atoms with Crippen LogP contribution in [0.5, 0.6) is 5.88 Å². The van der Waals surface area contributed by atoms with Gasteiger partial charge in [-0.3, -0.25) is 0 Å². The average molecular weight is 381 g/mol. The molecule has 8 nitrogen and oxygen atoms in total. The van der Waals surface area contributed by atoms with Crippen molar-refractivity contribution in [2.24, 2.45) is 0 Å². The fourth-order valence-electron chi connectivity index (χ4n) is 4.46. The number of aryl methyl sites for hydroxylation is 2. The maximum Gasteiger partial charge on any atom is 0.220 e. The van der Waals surface area contributed by atoms with E-state index in [2.05, 4.69) is 19.9 Å². The predicted octanol–water partition coefficient (Wildman–Crippen LogP) is 1.52. The first-order valence-corrected chi connectivity index (χ1v) is 9.77. The molecular weight excluding hydrogens is 358 g/mol. The molecule has 3 aromatic rings. The van der Waals surface area contributed by atoms with Crippen molar-refractivity contribution in [2.75, 3.05) is 0 Å². The van der Waals surface area contributed by atoms with Crippen molar-refractivity contribution in [2.45, 2.75) is 63.4 Å². The van der Waals surface area contributed by atoms with Crippen LogP contribution < -0.4 is 4.74 Å². The summed E-state index contributed by atoms with van der Waals surface area (Å²) in [5.74, 6) is 0.539. The van der Waals surface area contributed by atoms with E-state index in [1.165, 1.54) is 12.7 Å². The summed E-state index contributed by atoms with van der Waals surface area (Å²) in [5.41, 5.74) is 3.71. The smallest absolute Gasteiger partial charge is 0.220 e. The number of nitrogens with zero attached hydrogens (tertiary/aromatic N) is 5. The third kappa shape index (κ3) is 2.75. The second-order valence-corrected chi connectivity index (χ2v) is 7.67. The molecule has 4 atom stereocenters. The standard InChI is InChI=1S/C20H23N5O3/c1-11-12-6-7-25(19(12)23-9-21-11)15-8-16(18(27)17(15)26)28-20-13-4-2-3-5-14(13)22-10-24-20/h6-7,9-10,15-18,26-27H,2-5,8H2,1H3/t15?,16?,17-,18+/m0/s1. The molecule has 0 saturated heterocycles. The second-order valence-electron chi connectivity index (χ2n) is 7.67. The lowest BCUT2D eigenvalue weighted by Crippen LogP contribution is -2.34. The lowest BCUT2D eigenvalue weighted by molar-refractivity contribution is -0.0178. The van der Waals surface area contributed by atoms with Gasteiger partial charge in [0.2, 0.25) is 5.88 Å². The first kappa shape index (κ1) is 17.5. The Labute approximate surface area is 162 Å². The zero-order valence-corrected chi connectivity index (χ0v) is 15.7. The Morgan fingerprint density at radius 1 is 1.04 bits per heavy atom. The van der Waals surface area contributed by atoms with Crippen molar-refractivity contribution in [1.82, 2.24) is 24.5 Å². The molecule has 8 heteroatoms. The van der Waals surface area contributed by atoms with Crippen LogP contribution >= 0.6 is 0 Å². The minimum absolute atomic E-state index is 0.329. The molecule has 146 valence electrons. The second kappa shape index (κ2) is 6.79. The van der Waals surface area contributed by atoms with Crippen molar-refractivity contribution in [1.29, 1.82) is 0 Å². The van der Waals surface area contributed by atoms with Crippen molar-refractivity contribution >= 4 is 11.0 Å². The van der Waals surface area contributed by atoms with E-state index in [9.17, 15) is 10.2 Å². The Bertz CT molecular complexity index is 1020. The molecule has 3 aromatic heterocycles. The van der Waals surface area contributed by atoms with E-state index in [4.69, 9.17) is 4.74 Å². The molecule has 3 heterocycles. The number of aliphatic hydroxyl groups excluding tert-OH is 2. The van der Waals surface area contributed by atoms with Crippen LogP contribution in [0.1, 0.15) is 42.3 Å². The Morgan fingerprint density at radius 2 is 1.86 bits per heavy atom. The number of aromatic nitrogens is 5. The van der Waals surface area contributed by atoms with Gasteiger partial charge in [0.15, 0.2) is 0 Å². The number of rotatable bonds is 3. The van der Waals surface area contributed by atoms with Crippen LogP contribution in [-0.4, -0.2) is 53.0 Å². The fraction of sp³-hybridized carbons (Fsp3) is 0.500. The topological polar surface area (TPSA) is 106 Å². The molecule has 2 aliphatic carbocycles. The highest BCUT2D eigenvalue weighted by Gasteiger charge is 2.45. The van der Waals surface area contributed by atoms with E-state index in [1.54, 1.807) is 0 Å². The number of ether oxygens (including phenoxy) is 1. The summed E-state index contributed by atoms with van der Waals surface area (Å²) < 4.78 is 8.03. The Kier molecular flexibility index (Phi) is 4.25. The fourth-order valence-corrected chi connectivity index (χ4v) is 4.46. The molecule has 0 bridgehead atoms. The van der Waals surface area contributed by atoms with Gasteiger partial charge >= 0.3 is 0 Å². The molecular formula is C20H23N5O3. The van der Waals surface area contributed by atoms with Crippen molar-refractivity contribution in [3.63, 3.8) is 0 Å². The van der Waals surface area contributed by atoms with Crippen LogP contribution in [0.4, 0.5) is 0 Å². The van der Waals surface area contributed by atoms with Gasteiger partial charge in [0.1, 0.15) is 36.6 Å². The lowest BCUT2D eigenvalue weighted by atomic mass is 9.97. The van der Waals surface area contributed by atoms with Crippen LogP contribution in [0.3, 0.4) is 0 Å². The van der Waals surface area contributed by atoms with E-state index in [1.807, 2.05) is 23.8 Å².